The van der Waals surface area contributed by atoms with E-state index < -0.39 is 5.97 Å². The van der Waals surface area contributed by atoms with E-state index in [1.165, 1.54) is 71.0 Å². The number of rotatable bonds is 7. The molecule has 0 amide bonds. The molecule has 2 aromatic heterocycles. The normalized spacial score (nSPS) is 19.9. The minimum atomic E-state index is -0.455. The Bertz CT molecular complexity index is 1310. The van der Waals surface area contributed by atoms with Crippen molar-refractivity contribution in [3.8, 4) is 5.69 Å². The van der Waals surface area contributed by atoms with Crippen LogP contribution < -0.4 is 4.90 Å². The van der Waals surface area contributed by atoms with Gasteiger partial charge in [0, 0.05) is 19.0 Å². The Kier molecular flexibility index (Phi) is 7.31. The molecule has 208 valence electrons. The molecule has 0 radical (unpaired) electrons. The van der Waals surface area contributed by atoms with Gasteiger partial charge in [-0.2, -0.15) is 5.10 Å². The van der Waals surface area contributed by atoms with Crippen LogP contribution in [0, 0.1) is 11.2 Å². The standard InChI is InChI=1S/C31H40FN5O2/c1-3-4-16-35-17-12-31(13-18-35)14-19-36(20-15-31)26-21-25(30(38)39-2)33-29-27(26)28(22-6-5-7-22)34-37(29)24-10-8-23(32)9-11-24/h8-11,21-22H,3-7,12-20H2,1-2H3. The van der Waals surface area contributed by atoms with E-state index in [9.17, 15) is 9.18 Å². The van der Waals surface area contributed by atoms with Crippen LogP contribution in [0.25, 0.3) is 16.7 Å². The van der Waals surface area contributed by atoms with E-state index in [-0.39, 0.29) is 11.5 Å². The Hall–Kier alpha value is -3.00. The molecule has 1 saturated carbocycles. The number of unbranched alkanes of at least 4 members (excludes halogenated alkanes) is 1. The fraction of sp³-hybridized carbons (Fsp3) is 0.581. The number of benzene rings is 1. The van der Waals surface area contributed by atoms with Crippen molar-refractivity contribution in [1.29, 1.82) is 0 Å². The van der Waals surface area contributed by atoms with Crippen molar-refractivity contribution in [2.75, 3.05) is 44.7 Å². The molecule has 7 nitrogen and oxygen atoms in total. The number of carbonyl (C=O) groups excluding carboxylic acids is 1. The van der Waals surface area contributed by atoms with Gasteiger partial charge >= 0.3 is 5.97 Å². The molecule has 8 heteroatoms. The zero-order valence-electron chi connectivity index (χ0n) is 23.3. The number of methoxy groups -OCH3 is 1. The number of esters is 1. The molecule has 0 N–H and O–H groups in total. The van der Waals surface area contributed by atoms with E-state index in [0.717, 1.165) is 61.2 Å². The van der Waals surface area contributed by atoms with Crippen molar-refractivity contribution in [3.63, 3.8) is 0 Å². The minimum absolute atomic E-state index is 0.285. The average molecular weight is 534 g/mol. The Morgan fingerprint density at radius 2 is 1.77 bits per heavy atom. The fourth-order valence-corrected chi connectivity index (χ4v) is 6.67. The third-order valence-electron chi connectivity index (χ3n) is 9.51. The molecule has 3 aromatic rings. The van der Waals surface area contributed by atoms with Gasteiger partial charge in [-0.25, -0.2) is 18.9 Å². The molecule has 1 aromatic carbocycles. The van der Waals surface area contributed by atoms with Gasteiger partial charge in [-0.3, -0.25) is 0 Å². The van der Waals surface area contributed by atoms with Gasteiger partial charge in [0.05, 0.1) is 29.6 Å². The van der Waals surface area contributed by atoms with Crippen molar-refractivity contribution >= 4 is 22.7 Å². The van der Waals surface area contributed by atoms with Crippen molar-refractivity contribution in [2.45, 2.75) is 70.6 Å². The molecule has 3 aliphatic rings. The minimum Gasteiger partial charge on any atom is -0.464 e. The number of nitrogens with zero attached hydrogens (tertiary/aromatic N) is 5. The van der Waals surface area contributed by atoms with Gasteiger partial charge < -0.3 is 14.5 Å². The van der Waals surface area contributed by atoms with Crippen LogP contribution >= 0.6 is 0 Å². The molecule has 1 spiro atoms. The number of fused-ring (bicyclic) bond motifs is 1. The number of ether oxygens (including phenoxy) is 1. The first-order valence-electron chi connectivity index (χ1n) is 14.8. The largest absolute Gasteiger partial charge is 0.464 e. The van der Waals surface area contributed by atoms with Crippen molar-refractivity contribution in [1.82, 2.24) is 19.7 Å². The summed E-state index contributed by atoms with van der Waals surface area (Å²) in [7, 11) is 1.39. The molecule has 2 aliphatic heterocycles. The maximum atomic E-state index is 13.7. The van der Waals surface area contributed by atoms with E-state index in [4.69, 9.17) is 14.8 Å². The maximum absolute atomic E-state index is 13.7. The first-order valence-corrected chi connectivity index (χ1v) is 14.8. The van der Waals surface area contributed by atoms with Gasteiger partial charge in [0.25, 0.3) is 0 Å². The van der Waals surface area contributed by atoms with Crippen LogP contribution in [0.5, 0.6) is 0 Å². The molecule has 0 unspecified atom stereocenters. The lowest BCUT2D eigenvalue weighted by molar-refractivity contribution is 0.0594. The highest BCUT2D eigenvalue weighted by atomic mass is 19.1. The van der Waals surface area contributed by atoms with Crippen LogP contribution in [0.15, 0.2) is 30.3 Å². The number of piperidine rings is 2. The molecular formula is C31H40FN5O2. The van der Waals surface area contributed by atoms with E-state index >= 15 is 0 Å². The predicted molar refractivity (Wildman–Crippen MR) is 151 cm³/mol. The zero-order chi connectivity index (χ0) is 27.0. The Labute approximate surface area is 230 Å². The van der Waals surface area contributed by atoms with E-state index in [1.807, 2.05) is 6.07 Å². The zero-order valence-corrected chi connectivity index (χ0v) is 23.3. The van der Waals surface area contributed by atoms with E-state index in [0.29, 0.717) is 17.0 Å². The topological polar surface area (TPSA) is 63.5 Å². The van der Waals surface area contributed by atoms with Crippen LogP contribution in [-0.4, -0.2) is 65.5 Å². The highest BCUT2D eigenvalue weighted by Gasteiger charge is 2.39. The number of halogens is 1. The van der Waals surface area contributed by atoms with Crippen LogP contribution in [0.3, 0.4) is 0 Å². The van der Waals surface area contributed by atoms with Crippen molar-refractivity contribution < 1.29 is 13.9 Å². The van der Waals surface area contributed by atoms with Gasteiger partial charge in [-0.05, 0) is 100 Å². The summed E-state index contributed by atoms with van der Waals surface area (Å²) >= 11 is 0. The van der Waals surface area contributed by atoms with Crippen LogP contribution in [0.1, 0.15) is 86.8 Å². The summed E-state index contributed by atoms with van der Waals surface area (Å²) in [5.41, 5.74) is 4.17. The number of hydrogen-bond acceptors (Lipinski definition) is 6. The van der Waals surface area contributed by atoms with Crippen LogP contribution in [-0.2, 0) is 4.74 Å². The Morgan fingerprint density at radius 1 is 1.08 bits per heavy atom. The van der Waals surface area contributed by atoms with Crippen LogP contribution in [0.4, 0.5) is 10.1 Å². The molecule has 0 bridgehead atoms. The summed E-state index contributed by atoms with van der Waals surface area (Å²) in [4.78, 5) is 22.6. The molecule has 3 fully saturated rings. The molecule has 39 heavy (non-hydrogen) atoms. The fourth-order valence-electron chi connectivity index (χ4n) is 6.67. The number of carbonyl (C=O) groups is 1. The molecule has 1 aliphatic carbocycles. The second kappa shape index (κ2) is 10.9. The Balaban J connectivity index is 1.35. The van der Waals surface area contributed by atoms with Gasteiger partial charge in [0.2, 0.25) is 0 Å². The summed E-state index contributed by atoms with van der Waals surface area (Å²) in [5.74, 6) is -0.373. The second-order valence-electron chi connectivity index (χ2n) is 11.8. The molecule has 4 heterocycles. The molecule has 6 rings (SSSR count). The van der Waals surface area contributed by atoms with E-state index in [1.54, 1.807) is 16.8 Å². The maximum Gasteiger partial charge on any atom is 0.356 e. The summed E-state index contributed by atoms with van der Waals surface area (Å²) in [6, 6.07) is 8.23. The lowest BCUT2D eigenvalue weighted by Gasteiger charge is -2.47. The van der Waals surface area contributed by atoms with Gasteiger partial charge in [0.15, 0.2) is 11.3 Å². The number of aromatic nitrogens is 3. The lowest BCUT2D eigenvalue weighted by Crippen LogP contribution is -2.47. The van der Waals surface area contributed by atoms with Gasteiger partial charge in [0.1, 0.15) is 5.82 Å². The summed E-state index contributed by atoms with van der Waals surface area (Å²) in [6.45, 7) is 7.83. The Morgan fingerprint density at radius 3 is 2.38 bits per heavy atom. The van der Waals surface area contributed by atoms with Crippen molar-refractivity contribution in [3.05, 3.63) is 47.5 Å². The SMILES string of the molecule is CCCCN1CCC2(CC1)CCN(c1cc(C(=O)OC)nc3c1c(C1CCC1)nn3-c1ccc(F)cc1)CC2. The summed E-state index contributed by atoms with van der Waals surface area (Å²) < 4.78 is 20.6. The lowest BCUT2D eigenvalue weighted by atomic mass is 9.71. The van der Waals surface area contributed by atoms with E-state index in [2.05, 4.69) is 16.7 Å². The third kappa shape index (κ3) is 5.04. The first kappa shape index (κ1) is 26.2. The quantitative estimate of drug-likeness (QED) is 0.342. The monoisotopic (exact) mass is 533 g/mol. The smallest absolute Gasteiger partial charge is 0.356 e. The predicted octanol–water partition coefficient (Wildman–Crippen LogP) is 6.10. The van der Waals surface area contributed by atoms with Crippen LogP contribution in [0.2, 0.25) is 0 Å². The number of hydrogen-bond donors (Lipinski definition) is 0. The number of anilines is 1. The number of likely N-dealkylation sites (tertiary alicyclic amines) is 1. The molecule has 0 atom stereocenters. The van der Waals surface area contributed by atoms with Crippen molar-refractivity contribution in [2.24, 2.45) is 5.41 Å². The molecule has 2 saturated heterocycles. The first-order chi connectivity index (χ1) is 19.0. The highest BCUT2D eigenvalue weighted by Crippen LogP contribution is 2.46. The highest BCUT2D eigenvalue weighted by molar-refractivity contribution is 5.99. The van der Waals surface area contributed by atoms with Gasteiger partial charge in [-0.15, -0.1) is 0 Å². The second-order valence-corrected chi connectivity index (χ2v) is 11.8. The third-order valence-corrected chi connectivity index (χ3v) is 9.51. The molecular weight excluding hydrogens is 493 g/mol. The summed E-state index contributed by atoms with van der Waals surface area (Å²) in [5, 5.41) is 6.09. The average Bonchev–Trinajstić information content (AvgIpc) is 3.31. The number of pyridine rings is 1. The van der Waals surface area contributed by atoms with Gasteiger partial charge in [-0.1, -0.05) is 19.8 Å². The summed E-state index contributed by atoms with van der Waals surface area (Å²) in [6.07, 6.45) is 10.8.